The van der Waals surface area contributed by atoms with Crippen LogP contribution in [0.3, 0.4) is 0 Å². The Hall–Kier alpha value is -3.29. The summed E-state index contributed by atoms with van der Waals surface area (Å²) >= 11 is 11.7. The number of carbonyl (C=O) groups excluding carboxylic acids is 1. The third-order valence-electron chi connectivity index (χ3n) is 5.16. The normalized spacial score (nSPS) is 15.4. The summed E-state index contributed by atoms with van der Waals surface area (Å²) in [5.41, 5.74) is 4.25. The van der Waals surface area contributed by atoms with Crippen molar-refractivity contribution in [1.82, 2.24) is 15.6 Å². The van der Waals surface area contributed by atoms with E-state index in [-0.39, 0.29) is 5.91 Å². The van der Waals surface area contributed by atoms with Gasteiger partial charge in [-0.15, -0.1) is 0 Å². The molecule has 1 unspecified atom stereocenters. The Kier molecular flexibility index (Phi) is 6.78. The van der Waals surface area contributed by atoms with Crippen molar-refractivity contribution in [2.75, 3.05) is 18.5 Å². The Balaban J connectivity index is 1.58. The number of rotatable bonds is 5. The van der Waals surface area contributed by atoms with E-state index in [0.717, 1.165) is 28.8 Å². The molecule has 1 aliphatic rings. The SMILES string of the molecule is CN1C(=O)C(NC(=S)NCCc2ccncc2)N=C(c2ccccc2)c2cc(Cl)ccc21. The summed E-state index contributed by atoms with van der Waals surface area (Å²) in [6.07, 6.45) is 3.43. The number of benzene rings is 2. The summed E-state index contributed by atoms with van der Waals surface area (Å²) in [6.45, 7) is 0.623. The molecule has 32 heavy (non-hydrogen) atoms. The molecular formula is C24H22ClN5OS. The molecular weight excluding hydrogens is 442 g/mol. The van der Waals surface area contributed by atoms with Gasteiger partial charge < -0.3 is 15.5 Å². The largest absolute Gasteiger partial charge is 0.362 e. The number of nitrogens with zero attached hydrogens (tertiary/aromatic N) is 3. The Bertz CT molecular complexity index is 1150. The van der Waals surface area contributed by atoms with E-state index in [4.69, 9.17) is 28.8 Å². The molecule has 0 spiro atoms. The average molecular weight is 464 g/mol. The van der Waals surface area contributed by atoms with Gasteiger partial charge in [0.25, 0.3) is 5.91 Å². The van der Waals surface area contributed by atoms with Gasteiger partial charge in [0.05, 0.1) is 11.4 Å². The van der Waals surface area contributed by atoms with Crippen molar-refractivity contribution in [2.24, 2.45) is 4.99 Å². The number of anilines is 1. The number of halogens is 1. The van der Waals surface area contributed by atoms with E-state index in [2.05, 4.69) is 15.6 Å². The number of carbonyl (C=O) groups is 1. The molecule has 8 heteroatoms. The van der Waals surface area contributed by atoms with Gasteiger partial charge in [-0.2, -0.15) is 0 Å². The third-order valence-corrected chi connectivity index (χ3v) is 5.66. The Morgan fingerprint density at radius 2 is 1.88 bits per heavy atom. The maximum Gasteiger partial charge on any atom is 0.272 e. The second-order valence-electron chi connectivity index (χ2n) is 7.31. The molecule has 162 valence electrons. The third kappa shape index (κ3) is 4.95. The van der Waals surface area contributed by atoms with Crippen molar-refractivity contribution in [3.8, 4) is 0 Å². The fourth-order valence-corrected chi connectivity index (χ4v) is 3.90. The highest BCUT2D eigenvalue weighted by Gasteiger charge is 2.30. The van der Waals surface area contributed by atoms with Crippen LogP contribution in [-0.2, 0) is 11.2 Å². The molecule has 0 radical (unpaired) electrons. The minimum absolute atomic E-state index is 0.210. The lowest BCUT2D eigenvalue weighted by Crippen LogP contribution is -2.49. The van der Waals surface area contributed by atoms with E-state index >= 15 is 0 Å². The van der Waals surface area contributed by atoms with Crippen LogP contribution in [0.5, 0.6) is 0 Å². The molecule has 4 rings (SSSR count). The summed E-state index contributed by atoms with van der Waals surface area (Å²) in [4.78, 5) is 23.6. The van der Waals surface area contributed by atoms with E-state index in [1.54, 1.807) is 30.4 Å². The first-order valence-corrected chi connectivity index (χ1v) is 11.0. The van der Waals surface area contributed by atoms with E-state index in [0.29, 0.717) is 22.4 Å². The summed E-state index contributed by atoms with van der Waals surface area (Å²) < 4.78 is 0. The highest BCUT2D eigenvalue weighted by Crippen LogP contribution is 2.29. The molecule has 1 aromatic heterocycles. The summed E-state index contributed by atoms with van der Waals surface area (Å²) in [5, 5.41) is 7.17. The monoisotopic (exact) mass is 463 g/mol. The lowest BCUT2D eigenvalue weighted by atomic mass is 10.0. The number of fused-ring (bicyclic) bond motifs is 1. The fraction of sp³-hybridized carbons (Fsp3) is 0.167. The smallest absolute Gasteiger partial charge is 0.272 e. The van der Waals surface area contributed by atoms with Crippen molar-refractivity contribution in [3.63, 3.8) is 0 Å². The fourth-order valence-electron chi connectivity index (χ4n) is 3.51. The number of pyridine rings is 1. The zero-order valence-corrected chi connectivity index (χ0v) is 19.0. The first-order chi connectivity index (χ1) is 15.5. The average Bonchev–Trinajstić information content (AvgIpc) is 2.91. The molecule has 6 nitrogen and oxygen atoms in total. The number of hydrogen-bond donors (Lipinski definition) is 2. The Labute approximate surface area is 197 Å². The zero-order valence-electron chi connectivity index (χ0n) is 17.5. The van der Waals surface area contributed by atoms with E-state index in [1.807, 2.05) is 54.6 Å². The quantitative estimate of drug-likeness (QED) is 0.566. The second kappa shape index (κ2) is 9.89. The predicted octanol–water partition coefficient (Wildman–Crippen LogP) is 3.58. The van der Waals surface area contributed by atoms with Crippen LogP contribution in [0, 0.1) is 0 Å². The number of nitrogens with one attached hydrogen (secondary N) is 2. The molecule has 3 aromatic rings. The van der Waals surface area contributed by atoms with Gasteiger partial charge >= 0.3 is 0 Å². The molecule has 1 atom stereocenters. The van der Waals surface area contributed by atoms with Crippen LogP contribution in [0.2, 0.25) is 5.02 Å². The van der Waals surface area contributed by atoms with Gasteiger partial charge in [-0.1, -0.05) is 41.9 Å². The van der Waals surface area contributed by atoms with Crippen LogP contribution in [0.25, 0.3) is 0 Å². The Morgan fingerprint density at radius 3 is 2.62 bits per heavy atom. The first kappa shape index (κ1) is 21.9. The molecule has 0 aliphatic carbocycles. The standard InChI is InChI=1S/C24H22ClN5OS/c1-30-20-8-7-18(25)15-19(20)21(17-5-3-2-4-6-17)28-22(23(30)31)29-24(32)27-14-11-16-9-12-26-13-10-16/h2-10,12-13,15,22H,11,14H2,1H3,(H2,27,29,32). The molecule has 0 saturated carbocycles. The minimum atomic E-state index is -0.873. The highest BCUT2D eigenvalue weighted by atomic mass is 35.5. The van der Waals surface area contributed by atoms with Gasteiger partial charge in [-0.25, -0.2) is 4.99 Å². The van der Waals surface area contributed by atoms with Gasteiger partial charge in [-0.3, -0.25) is 9.78 Å². The minimum Gasteiger partial charge on any atom is -0.362 e. The number of amides is 1. The molecule has 0 saturated heterocycles. The zero-order chi connectivity index (χ0) is 22.5. The van der Waals surface area contributed by atoms with Crippen LogP contribution < -0.4 is 15.5 Å². The first-order valence-electron chi connectivity index (χ1n) is 10.2. The lowest BCUT2D eigenvalue weighted by Gasteiger charge is -2.22. The second-order valence-corrected chi connectivity index (χ2v) is 8.16. The highest BCUT2D eigenvalue weighted by molar-refractivity contribution is 7.80. The van der Waals surface area contributed by atoms with Gasteiger partial charge in [0.2, 0.25) is 6.17 Å². The van der Waals surface area contributed by atoms with Crippen molar-refractivity contribution in [3.05, 3.63) is 94.8 Å². The molecule has 2 N–H and O–H groups in total. The summed E-state index contributed by atoms with van der Waals surface area (Å²) in [5.74, 6) is -0.210. The van der Waals surface area contributed by atoms with Crippen molar-refractivity contribution < 1.29 is 4.79 Å². The Morgan fingerprint density at radius 1 is 1.12 bits per heavy atom. The number of likely N-dealkylation sites (N-methyl/N-ethyl adjacent to an activating group) is 1. The van der Waals surface area contributed by atoms with Crippen LogP contribution in [0.4, 0.5) is 5.69 Å². The van der Waals surface area contributed by atoms with Crippen LogP contribution >= 0.6 is 23.8 Å². The summed E-state index contributed by atoms with van der Waals surface area (Å²) in [7, 11) is 1.73. The van der Waals surface area contributed by atoms with Gasteiger partial charge in [0, 0.05) is 42.1 Å². The van der Waals surface area contributed by atoms with Crippen LogP contribution in [0.15, 0.2) is 78.0 Å². The predicted molar refractivity (Wildman–Crippen MR) is 132 cm³/mol. The maximum absolute atomic E-state index is 13.2. The molecule has 0 fully saturated rings. The van der Waals surface area contributed by atoms with Gasteiger partial charge in [0.1, 0.15) is 0 Å². The molecule has 1 aliphatic heterocycles. The van der Waals surface area contributed by atoms with Crippen molar-refractivity contribution in [1.29, 1.82) is 0 Å². The van der Waals surface area contributed by atoms with E-state index in [9.17, 15) is 4.79 Å². The van der Waals surface area contributed by atoms with Crippen LogP contribution in [-0.4, -0.2) is 41.5 Å². The van der Waals surface area contributed by atoms with Crippen molar-refractivity contribution >= 4 is 46.2 Å². The molecule has 2 heterocycles. The summed E-state index contributed by atoms with van der Waals surface area (Å²) in [6, 6.07) is 19.1. The van der Waals surface area contributed by atoms with E-state index in [1.165, 1.54) is 0 Å². The van der Waals surface area contributed by atoms with Crippen LogP contribution in [0.1, 0.15) is 16.7 Å². The van der Waals surface area contributed by atoms with E-state index < -0.39 is 6.17 Å². The topological polar surface area (TPSA) is 69.6 Å². The number of aliphatic imine (C=N–C) groups is 1. The maximum atomic E-state index is 13.2. The number of aromatic nitrogens is 1. The number of benzodiazepines with no additional fused rings is 1. The van der Waals surface area contributed by atoms with Gasteiger partial charge in [-0.05, 0) is 54.5 Å². The molecule has 0 bridgehead atoms. The number of hydrogen-bond acceptors (Lipinski definition) is 4. The number of thiocarbonyl (C=S) groups is 1. The molecule has 2 aromatic carbocycles. The lowest BCUT2D eigenvalue weighted by molar-refractivity contribution is -0.119. The van der Waals surface area contributed by atoms with Gasteiger partial charge in [0.15, 0.2) is 5.11 Å². The van der Waals surface area contributed by atoms with Crippen molar-refractivity contribution in [2.45, 2.75) is 12.6 Å². The molecule has 1 amide bonds.